The molecule has 0 radical (unpaired) electrons. The fourth-order valence-electron chi connectivity index (χ4n) is 2.31. The van der Waals surface area contributed by atoms with E-state index < -0.39 is 0 Å². The highest BCUT2D eigenvalue weighted by Crippen LogP contribution is 2.26. The first-order chi connectivity index (χ1) is 7.81. The summed E-state index contributed by atoms with van der Waals surface area (Å²) in [6.45, 7) is 2.85. The molecule has 16 heavy (non-hydrogen) atoms. The molecule has 2 heterocycles. The van der Waals surface area contributed by atoms with Gasteiger partial charge >= 0.3 is 0 Å². The first-order valence-corrected chi connectivity index (χ1v) is 6.86. The van der Waals surface area contributed by atoms with Gasteiger partial charge in [-0.15, -0.1) is 11.3 Å². The number of ether oxygens (including phenoxy) is 1. The minimum atomic E-state index is 0.157. The summed E-state index contributed by atoms with van der Waals surface area (Å²) in [7, 11) is 0. The molecule has 1 aliphatic rings. The maximum absolute atomic E-state index is 12.0. The van der Waals surface area contributed by atoms with Crippen molar-refractivity contribution in [2.45, 2.75) is 38.7 Å². The van der Waals surface area contributed by atoms with E-state index in [1.807, 2.05) is 6.07 Å². The van der Waals surface area contributed by atoms with Gasteiger partial charge in [-0.3, -0.25) is 4.79 Å². The molecule has 0 aliphatic carbocycles. The van der Waals surface area contributed by atoms with Crippen LogP contribution in [0.5, 0.6) is 0 Å². The van der Waals surface area contributed by atoms with Crippen molar-refractivity contribution in [3.63, 3.8) is 0 Å². The number of carbonyl (C=O) groups excluding carboxylic acids is 1. The lowest BCUT2D eigenvalue weighted by Crippen LogP contribution is -2.23. The Kier molecular flexibility index (Phi) is 4.13. The highest BCUT2D eigenvalue weighted by molar-refractivity contribution is 7.09. The molecule has 3 heteroatoms. The van der Waals surface area contributed by atoms with Gasteiger partial charge in [0.25, 0.3) is 0 Å². The Morgan fingerprint density at radius 1 is 1.62 bits per heavy atom. The predicted molar refractivity (Wildman–Crippen MR) is 65.8 cm³/mol. The first-order valence-electron chi connectivity index (χ1n) is 5.98. The summed E-state index contributed by atoms with van der Waals surface area (Å²) >= 11 is 1.73. The van der Waals surface area contributed by atoms with Crippen LogP contribution in [-0.2, 0) is 16.0 Å². The van der Waals surface area contributed by atoms with E-state index in [1.54, 1.807) is 11.3 Å². The third kappa shape index (κ3) is 2.71. The van der Waals surface area contributed by atoms with Gasteiger partial charge in [-0.25, -0.2) is 0 Å². The maximum atomic E-state index is 12.0. The molecule has 1 saturated heterocycles. The van der Waals surface area contributed by atoms with Crippen LogP contribution in [0.4, 0.5) is 0 Å². The van der Waals surface area contributed by atoms with Crippen LogP contribution in [0.2, 0.25) is 0 Å². The maximum Gasteiger partial charge on any atom is 0.139 e. The molecule has 1 fully saturated rings. The second-order valence-electron chi connectivity index (χ2n) is 4.26. The summed E-state index contributed by atoms with van der Waals surface area (Å²) in [5.41, 5.74) is 0. The normalized spacial score (nSPS) is 24.8. The Balaban J connectivity index is 1.83. The molecule has 0 bridgehead atoms. The Hall–Kier alpha value is -0.670. The van der Waals surface area contributed by atoms with Gasteiger partial charge in [0.2, 0.25) is 0 Å². The van der Waals surface area contributed by atoms with Crippen LogP contribution >= 0.6 is 11.3 Å². The molecule has 2 atom stereocenters. The second-order valence-corrected chi connectivity index (χ2v) is 5.29. The van der Waals surface area contributed by atoms with E-state index in [4.69, 9.17) is 4.74 Å². The van der Waals surface area contributed by atoms with Gasteiger partial charge in [0.15, 0.2) is 0 Å². The lowest BCUT2D eigenvalue weighted by molar-refractivity contribution is -0.124. The van der Waals surface area contributed by atoms with Crippen LogP contribution in [0.3, 0.4) is 0 Å². The zero-order valence-corrected chi connectivity index (χ0v) is 10.5. The molecular formula is C13H18O2S. The Morgan fingerprint density at radius 3 is 3.19 bits per heavy atom. The van der Waals surface area contributed by atoms with E-state index in [0.29, 0.717) is 12.2 Å². The van der Waals surface area contributed by atoms with Crippen molar-refractivity contribution in [3.8, 4) is 0 Å². The Labute approximate surface area is 101 Å². The molecular weight excluding hydrogens is 220 g/mol. The summed E-state index contributed by atoms with van der Waals surface area (Å²) < 4.78 is 5.55. The monoisotopic (exact) mass is 238 g/mol. The van der Waals surface area contributed by atoms with Gasteiger partial charge in [0.1, 0.15) is 5.78 Å². The minimum absolute atomic E-state index is 0.157. The van der Waals surface area contributed by atoms with E-state index in [0.717, 1.165) is 25.9 Å². The number of ketones is 1. The van der Waals surface area contributed by atoms with E-state index in [9.17, 15) is 4.79 Å². The fraction of sp³-hybridized carbons (Fsp3) is 0.615. The molecule has 2 nitrogen and oxygen atoms in total. The van der Waals surface area contributed by atoms with Crippen LogP contribution in [0.1, 0.15) is 31.1 Å². The molecule has 2 rings (SSSR count). The van der Waals surface area contributed by atoms with E-state index in [-0.39, 0.29) is 12.0 Å². The molecule has 0 saturated carbocycles. The second kappa shape index (κ2) is 5.60. The summed E-state index contributed by atoms with van der Waals surface area (Å²) in [4.78, 5) is 13.3. The molecule has 1 aliphatic heterocycles. The van der Waals surface area contributed by atoms with Gasteiger partial charge < -0.3 is 4.74 Å². The number of carbonyl (C=O) groups is 1. The zero-order valence-electron chi connectivity index (χ0n) is 9.65. The summed E-state index contributed by atoms with van der Waals surface area (Å²) in [6, 6.07) is 4.14. The molecule has 0 N–H and O–H groups in total. The van der Waals surface area contributed by atoms with Crippen LogP contribution in [0.25, 0.3) is 0 Å². The molecule has 1 aromatic heterocycles. The van der Waals surface area contributed by atoms with Crippen LogP contribution in [0, 0.1) is 5.92 Å². The van der Waals surface area contributed by atoms with Crippen LogP contribution in [-0.4, -0.2) is 18.5 Å². The average Bonchev–Trinajstić information content (AvgIpc) is 2.96. The lowest BCUT2D eigenvalue weighted by Gasteiger charge is -2.15. The largest absolute Gasteiger partial charge is 0.377 e. The number of aryl methyl sites for hydroxylation is 1. The van der Waals surface area contributed by atoms with Gasteiger partial charge in [-0.05, 0) is 30.7 Å². The number of hydrogen-bond acceptors (Lipinski definition) is 3. The first kappa shape index (κ1) is 11.8. The highest BCUT2D eigenvalue weighted by Gasteiger charge is 2.31. The molecule has 2 unspecified atom stereocenters. The van der Waals surface area contributed by atoms with Gasteiger partial charge in [-0.1, -0.05) is 13.0 Å². The summed E-state index contributed by atoms with van der Waals surface area (Å²) in [5.74, 6) is 0.544. The van der Waals surface area contributed by atoms with E-state index >= 15 is 0 Å². The van der Waals surface area contributed by atoms with Gasteiger partial charge in [0, 0.05) is 23.8 Å². The third-order valence-electron chi connectivity index (χ3n) is 3.22. The highest BCUT2D eigenvalue weighted by atomic mass is 32.1. The molecule has 0 spiro atoms. The van der Waals surface area contributed by atoms with Crippen molar-refractivity contribution in [2.75, 3.05) is 6.61 Å². The van der Waals surface area contributed by atoms with Crippen molar-refractivity contribution >= 4 is 17.1 Å². The van der Waals surface area contributed by atoms with Crippen molar-refractivity contribution in [1.82, 2.24) is 0 Å². The number of hydrogen-bond donors (Lipinski definition) is 0. The Bertz CT molecular complexity index is 332. The summed E-state index contributed by atoms with van der Waals surface area (Å²) in [6.07, 6.45) is 3.61. The van der Waals surface area contributed by atoms with Crippen molar-refractivity contribution < 1.29 is 9.53 Å². The zero-order chi connectivity index (χ0) is 11.4. The minimum Gasteiger partial charge on any atom is -0.377 e. The number of thiophene rings is 1. The van der Waals surface area contributed by atoms with Crippen molar-refractivity contribution in [3.05, 3.63) is 22.4 Å². The van der Waals surface area contributed by atoms with Gasteiger partial charge in [-0.2, -0.15) is 0 Å². The predicted octanol–water partition coefficient (Wildman–Crippen LogP) is 3.06. The number of Topliss-reactive ketones (excluding diaryl/α,β-unsaturated/α-hetero) is 1. The third-order valence-corrected chi connectivity index (χ3v) is 4.16. The molecule has 0 amide bonds. The molecule has 0 aromatic carbocycles. The van der Waals surface area contributed by atoms with Crippen LogP contribution < -0.4 is 0 Å². The number of rotatable bonds is 5. The van der Waals surface area contributed by atoms with E-state index in [2.05, 4.69) is 18.4 Å². The Morgan fingerprint density at radius 2 is 2.50 bits per heavy atom. The summed E-state index contributed by atoms with van der Waals surface area (Å²) in [5, 5.41) is 2.06. The molecule has 1 aromatic rings. The van der Waals surface area contributed by atoms with E-state index in [1.165, 1.54) is 4.88 Å². The quantitative estimate of drug-likeness (QED) is 0.788. The smallest absolute Gasteiger partial charge is 0.139 e. The van der Waals surface area contributed by atoms with Crippen molar-refractivity contribution in [1.29, 1.82) is 0 Å². The SMILES string of the molecule is CCC1OCCC1C(=O)CCc1cccs1. The van der Waals surface area contributed by atoms with Crippen LogP contribution in [0.15, 0.2) is 17.5 Å². The fourth-order valence-corrected chi connectivity index (χ4v) is 3.01. The average molecular weight is 238 g/mol. The standard InChI is InChI=1S/C13H18O2S/c1-2-13-11(7-8-15-13)12(14)6-5-10-4-3-9-16-10/h3-4,9,11,13H,2,5-8H2,1H3. The topological polar surface area (TPSA) is 26.3 Å². The lowest BCUT2D eigenvalue weighted by atomic mass is 9.92. The van der Waals surface area contributed by atoms with Crippen molar-refractivity contribution in [2.24, 2.45) is 5.92 Å². The molecule has 88 valence electrons. The van der Waals surface area contributed by atoms with Gasteiger partial charge in [0.05, 0.1) is 6.10 Å².